The molecule has 1 heterocycles. The number of carbonyl (C=O) groups is 1. The first-order valence-electron chi connectivity index (χ1n) is 11.9. The average molecular weight is 543 g/mol. The van der Waals surface area contributed by atoms with Crippen molar-refractivity contribution in [2.24, 2.45) is 15.7 Å². The first kappa shape index (κ1) is 30.8. The molecule has 1 saturated heterocycles. The van der Waals surface area contributed by atoms with Gasteiger partial charge in [0.1, 0.15) is 17.4 Å². The molecular weight excluding hydrogens is 512 g/mol. The number of amidine groups is 1. The molecule has 0 spiro atoms. The van der Waals surface area contributed by atoms with Gasteiger partial charge >= 0.3 is 0 Å². The highest BCUT2D eigenvalue weighted by atomic mass is 19.2. The van der Waals surface area contributed by atoms with Crippen molar-refractivity contribution >= 4 is 17.5 Å². The number of amides is 1. The third-order valence-corrected chi connectivity index (χ3v) is 5.71. The first-order valence-corrected chi connectivity index (χ1v) is 11.9. The van der Waals surface area contributed by atoms with Crippen LogP contribution in [0.15, 0.2) is 58.1 Å². The molecule has 2 N–H and O–H groups in total. The largest absolute Gasteiger partial charge is 0.451 e. The van der Waals surface area contributed by atoms with Gasteiger partial charge in [-0.25, -0.2) is 13.2 Å². The Kier molecular flexibility index (Phi) is 11.0. The lowest BCUT2D eigenvalue weighted by Crippen LogP contribution is -2.25. The van der Waals surface area contributed by atoms with Gasteiger partial charge in [-0.2, -0.15) is 9.38 Å². The molecule has 0 atom stereocenters. The van der Waals surface area contributed by atoms with E-state index in [-0.39, 0.29) is 34.3 Å². The summed E-state index contributed by atoms with van der Waals surface area (Å²) in [7, 11) is 1.44. The van der Waals surface area contributed by atoms with E-state index in [1.165, 1.54) is 32.2 Å². The summed E-state index contributed by atoms with van der Waals surface area (Å²) in [4.78, 5) is 20.4. The van der Waals surface area contributed by atoms with E-state index >= 15 is 0 Å². The number of halogens is 4. The number of terminal acetylenes is 1. The van der Waals surface area contributed by atoms with Gasteiger partial charge in [0.15, 0.2) is 11.6 Å². The summed E-state index contributed by atoms with van der Waals surface area (Å²) in [5.41, 5.74) is 6.98. The number of nitrogens with two attached hydrogens (primary N) is 1. The van der Waals surface area contributed by atoms with Gasteiger partial charge in [0.05, 0.1) is 5.71 Å². The maximum Gasteiger partial charge on any atom is 0.245 e. The Hall–Kier alpha value is -4.39. The van der Waals surface area contributed by atoms with Gasteiger partial charge < -0.3 is 15.4 Å². The van der Waals surface area contributed by atoms with Crippen LogP contribution in [0, 0.1) is 42.7 Å². The summed E-state index contributed by atoms with van der Waals surface area (Å²) < 4.78 is 61.6. The van der Waals surface area contributed by atoms with Crippen molar-refractivity contribution in [2.75, 3.05) is 20.1 Å². The molecule has 2 aromatic rings. The summed E-state index contributed by atoms with van der Waals surface area (Å²) >= 11 is 0. The Morgan fingerprint density at radius 3 is 2.28 bits per heavy atom. The van der Waals surface area contributed by atoms with Crippen molar-refractivity contribution in [3.63, 3.8) is 0 Å². The Morgan fingerprint density at radius 1 is 1.13 bits per heavy atom. The number of rotatable bonds is 6. The maximum absolute atomic E-state index is 14.9. The second-order valence-corrected chi connectivity index (χ2v) is 8.69. The molecule has 6 nitrogen and oxygen atoms in total. The molecule has 0 aliphatic carbocycles. The van der Waals surface area contributed by atoms with Crippen molar-refractivity contribution in [3.05, 3.63) is 82.5 Å². The fourth-order valence-electron chi connectivity index (χ4n) is 3.83. The van der Waals surface area contributed by atoms with Gasteiger partial charge in [-0.05, 0) is 63.5 Å². The molecule has 39 heavy (non-hydrogen) atoms. The first-order chi connectivity index (χ1) is 18.5. The molecular formula is C29H30F4N4O2. The second kappa shape index (κ2) is 14.0. The summed E-state index contributed by atoms with van der Waals surface area (Å²) in [6.45, 7) is 9.97. The van der Waals surface area contributed by atoms with E-state index in [2.05, 4.69) is 22.6 Å². The average Bonchev–Trinajstić information content (AvgIpc) is 3.44. The van der Waals surface area contributed by atoms with Crippen LogP contribution < -0.4 is 10.5 Å². The van der Waals surface area contributed by atoms with Crippen molar-refractivity contribution < 1.29 is 27.1 Å². The molecule has 0 radical (unpaired) electrons. The van der Waals surface area contributed by atoms with Crippen LogP contribution in [-0.4, -0.2) is 42.5 Å². The number of allylic oxidation sites excluding steroid dienone is 1. The van der Waals surface area contributed by atoms with E-state index in [1.54, 1.807) is 13.8 Å². The van der Waals surface area contributed by atoms with Crippen molar-refractivity contribution in [3.8, 4) is 24.0 Å². The summed E-state index contributed by atoms with van der Waals surface area (Å²) in [6.07, 6.45) is 8.84. The van der Waals surface area contributed by atoms with E-state index in [4.69, 9.17) is 16.9 Å². The van der Waals surface area contributed by atoms with Crippen LogP contribution in [0.25, 0.3) is 0 Å². The van der Waals surface area contributed by atoms with Crippen LogP contribution in [0.4, 0.5) is 17.6 Å². The third kappa shape index (κ3) is 7.57. The topological polar surface area (TPSA) is 80.3 Å². The van der Waals surface area contributed by atoms with Gasteiger partial charge in [-0.15, -0.1) is 0 Å². The van der Waals surface area contributed by atoms with Crippen molar-refractivity contribution in [1.82, 2.24) is 4.90 Å². The quantitative estimate of drug-likeness (QED) is 0.124. The molecule has 0 saturated carbocycles. The zero-order valence-corrected chi connectivity index (χ0v) is 22.2. The van der Waals surface area contributed by atoms with Crippen LogP contribution >= 0.6 is 0 Å². The highest BCUT2D eigenvalue weighted by Crippen LogP contribution is 2.32. The number of likely N-dealkylation sites (tertiary alicyclic amines) is 1. The monoisotopic (exact) mass is 542 g/mol. The van der Waals surface area contributed by atoms with Crippen LogP contribution in [0.3, 0.4) is 0 Å². The highest BCUT2D eigenvalue weighted by Gasteiger charge is 2.22. The van der Waals surface area contributed by atoms with Gasteiger partial charge in [0.2, 0.25) is 17.5 Å². The summed E-state index contributed by atoms with van der Waals surface area (Å²) in [6, 6.07) is 6.22. The SMILES string of the molecule is C#CN=C(N)C(C(=NC)c1ccc(Oc2c(F)c(C)cc(F)c2F)cc1F)=C(C)C.C=CC(=O)N1CCCC1. The number of nitrogens with zero attached hydrogens (tertiary/aromatic N) is 3. The predicted molar refractivity (Wildman–Crippen MR) is 145 cm³/mol. The smallest absolute Gasteiger partial charge is 0.245 e. The molecule has 206 valence electrons. The predicted octanol–water partition coefficient (Wildman–Crippen LogP) is 5.84. The number of ether oxygens (including phenoxy) is 1. The molecule has 0 bridgehead atoms. The van der Waals surface area contributed by atoms with Gasteiger partial charge in [-0.3, -0.25) is 9.79 Å². The number of aliphatic imine (C=N–C) groups is 2. The van der Waals surface area contributed by atoms with Gasteiger partial charge in [-0.1, -0.05) is 18.6 Å². The van der Waals surface area contributed by atoms with Crippen LogP contribution in [0.5, 0.6) is 11.5 Å². The molecule has 0 aromatic heterocycles. The van der Waals surface area contributed by atoms with E-state index in [0.717, 1.165) is 32.0 Å². The number of aryl methyl sites for hydroxylation is 1. The molecule has 3 rings (SSSR count). The molecule has 1 aliphatic rings. The minimum Gasteiger partial charge on any atom is -0.451 e. The van der Waals surface area contributed by atoms with Crippen LogP contribution in [-0.2, 0) is 4.79 Å². The second-order valence-electron chi connectivity index (χ2n) is 8.69. The normalized spacial score (nSPS) is 13.3. The Labute approximate surface area is 225 Å². The molecule has 1 amide bonds. The van der Waals surface area contributed by atoms with Crippen molar-refractivity contribution in [1.29, 1.82) is 0 Å². The molecule has 10 heteroatoms. The molecule has 1 aliphatic heterocycles. The Bertz CT molecular complexity index is 1350. The van der Waals surface area contributed by atoms with Crippen LogP contribution in [0.1, 0.15) is 37.8 Å². The fourth-order valence-corrected chi connectivity index (χ4v) is 3.83. The Morgan fingerprint density at radius 2 is 1.77 bits per heavy atom. The highest BCUT2D eigenvalue weighted by molar-refractivity contribution is 6.29. The maximum atomic E-state index is 14.9. The number of hydrogen-bond donors (Lipinski definition) is 1. The fraction of sp³-hybridized carbons (Fsp3) is 0.276. The molecule has 0 unspecified atom stereocenters. The van der Waals surface area contributed by atoms with Gasteiger partial charge in [0.25, 0.3) is 0 Å². The summed E-state index contributed by atoms with van der Waals surface area (Å²) in [5, 5.41) is 0. The van der Waals surface area contributed by atoms with E-state index < -0.39 is 29.0 Å². The lowest BCUT2D eigenvalue weighted by atomic mass is 9.97. The third-order valence-electron chi connectivity index (χ3n) is 5.71. The lowest BCUT2D eigenvalue weighted by molar-refractivity contribution is -0.124. The zero-order chi connectivity index (χ0) is 29.3. The number of carbonyl (C=O) groups excluding carboxylic acids is 1. The number of hydrogen-bond acceptors (Lipinski definition) is 4. The molecule has 1 fully saturated rings. The zero-order valence-electron chi connectivity index (χ0n) is 22.2. The number of benzene rings is 2. The van der Waals surface area contributed by atoms with E-state index in [1.807, 2.05) is 4.90 Å². The minimum absolute atomic E-state index is 0.0165. The standard InChI is InChI=1S/C22H19F4N3O.C7H11NO/c1-6-29-22(27)17(11(2)3)20(28-5)14-8-7-13(10-15(14)23)30-21-18(25)12(4)9-16(24)19(21)26;1-2-7(9)8-5-3-4-6-8/h1,7-10H,2-5H3,(H2,27,29);2H,1,3-6H2. The van der Waals surface area contributed by atoms with Crippen LogP contribution in [0.2, 0.25) is 0 Å². The molecule has 2 aromatic carbocycles. The summed E-state index contributed by atoms with van der Waals surface area (Å²) in [5.74, 6) is -5.82. The van der Waals surface area contributed by atoms with Gasteiger partial charge in [0, 0.05) is 43.4 Å². The van der Waals surface area contributed by atoms with E-state index in [9.17, 15) is 22.4 Å². The van der Waals surface area contributed by atoms with Crippen molar-refractivity contribution in [2.45, 2.75) is 33.6 Å². The Balaban J connectivity index is 0.000000499. The minimum atomic E-state index is -1.51. The lowest BCUT2D eigenvalue weighted by Gasteiger charge is -2.15. The van der Waals surface area contributed by atoms with E-state index in [0.29, 0.717) is 17.2 Å².